The number of hydrogen-bond acceptors (Lipinski definition) is 4. The molecule has 0 bridgehead atoms. The molecule has 118 valence electrons. The molecule has 22 heavy (non-hydrogen) atoms. The highest BCUT2D eigenvalue weighted by atomic mass is 16.1. The molecule has 0 unspecified atom stereocenters. The van der Waals surface area contributed by atoms with Crippen molar-refractivity contribution in [2.24, 2.45) is 0 Å². The molecule has 0 spiro atoms. The number of amides is 1. The molecule has 0 saturated carbocycles. The standard InChI is InChI=1S/C16H23N5O/c1-20-7-8-21(2)12(11-20)10-17-16(22)9-15-18-13-5-3-4-6-14(13)19-15/h3-6,12H,7-11H2,1-2H3,(H,17,22)(H,18,19)/t12-/m0/s1. The Morgan fingerprint density at radius 3 is 3.00 bits per heavy atom. The van der Waals surface area contributed by atoms with Crippen LogP contribution in [0.5, 0.6) is 0 Å². The van der Waals surface area contributed by atoms with Gasteiger partial charge in [-0.1, -0.05) is 12.1 Å². The zero-order valence-electron chi connectivity index (χ0n) is 13.2. The van der Waals surface area contributed by atoms with Crippen LogP contribution in [0.2, 0.25) is 0 Å². The summed E-state index contributed by atoms with van der Waals surface area (Å²) in [5.74, 6) is 0.730. The molecule has 6 nitrogen and oxygen atoms in total. The number of H-pyrrole nitrogens is 1. The number of likely N-dealkylation sites (N-methyl/N-ethyl adjacent to an activating group) is 2. The van der Waals surface area contributed by atoms with Crippen LogP contribution in [0.1, 0.15) is 5.82 Å². The lowest BCUT2D eigenvalue weighted by Gasteiger charge is -2.37. The van der Waals surface area contributed by atoms with Gasteiger partial charge in [0.05, 0.1) is 17.5 Å². The summed E-state index contributed by atoms with van der Waals surface area (Å²) in [7, 11) is 4.24. The van der Waals surface area contributed by atoms with E-state index in [0.717, 1.165) is 30.7 Å². The Morgan fingerprint density at radius 1 is 1.36 bits per heavy atom. The van der Waals surface area contributed by atoms with E-state index >= 15 is 0 Å². The first-order valence-electron chi connectivity index (χ1n) is 7.71. The van der Waals surface area contributed by atoms with Gasteiger partial charge in [0.25, 0.3) is 0 Å². The Kier molecular flexibility index (Phi) is 4.40. The van der Waals surface area contributed by atoms with Gasteiger partial charge in [0.1, 0.15) is 5.82 Å². The predicted octanol–water partition coefficient (Wildman–Crippen LogP) is 0.467. The van der Waals surface area contributed by atoms with Crippen molar-refractivity contribution in [3.8, 4) is 0 Å². The maximum absolute atomic E-state index is 12.1. The first-order valence-corrected chi connectivity index (χ1v) is 7.71. The number of imidazole rings is 1. The van der Waals surface area contributed by atoms with E-state index in [1.807, 2.05) is 24.3 Å². The van der Waals surface area contributed by atoms with E-state index in [1.54, 1.807) is 0 Å². The van der Waals surface area contributed by atoms with Gasteiger partial charge in [-0.05, 0) is 26.2 Å². The van der Waals surface area contributed by atoms with Gasteiger partial charge in [0.15, 0.2) is 0 Å². The minimum absolute atomic E-state index is 0.0145. The van der Waals surface area contributed by atoms with Crippen LogP contribution in [0.3, 0.4) is 0 Å². The molecule has 1 aromatic heterocycles. The normalized spacial score (nSPS) is 20.4. The molecule has 0 aliphatic carbocycles. The second-order valence-corrected chi connectivity index (χ2v) is 6.08. The third-order valence-corrected chi connectivity index (χ3v) is 4.28. The number of rotatable bonds is 4. The second kappa shape index (κ2) is 6.46. The molecule has 2 heterocycles. The summed E-state index contributed by atoms with van der Waals surface area (Å²) < 4.78 is 0. The Balaban J connectivity index is 1.53. The van der Waals surface area contributed by atoms with E-state index < -0.39 is 0 Å². The SMILES string of the molecule is CN1CCN(C)[C@@H](CNC(=O)Cc2nc3ccccc3[nH]2)C1. The molecule has 2 aromatic rings. The van der Waals surface area contributed by atoms with Crippen molar-refractivity contribution in [3.05, 3.63) is 30.1 Å². The lowest BCUT2D eigenvalue weighted by molar-refractivity contribution is -0.120. The highest BCUT2D eigenvalue weighted by Gasteiger charge is 2.22. The monoisotopic (exact) mass is 301 g/mol. The first-order chi connectivity index (χ1) is 10.6. The van der Waals surface area contributed by atoms with Crippen LogP contribution in [-0.4, -0.2) is 72.0 Å². The molecule has 1 fully saturated rings. The lowest BCUT2D eigenvalue weighted by Crippen LogP contribution is -2.54. The van der Waals surface area contributed by atoms with Gasteiger partial charge in [0, 0.05) is 32.2 Å². The molecular formula is C16H23N5O. The third kappa shape index (κ3) is 3.45. The molecule has 6 heteroatoms. The van der Waals surface area contributed by atoms with E-state index in [0.29, 0.717) is 24.8 Å². The van der Waals surface area contributed by atoms with E-state index in [1.165, 1.54) is 0 Å². The Morgan fingerprint density at radius 2 is 2.18 bits per heavy atom. The molecule has 2 N–H and O–H groups in total. The number of aromatic nitrogens is 2. The van der Waals surface area contributed by atoms with Crippen LogP contribution in [0.4, 0.5) is 0 Å². The van der Waals surface area contributed by atoms with Crippen molar-refractivity contribution < 1.29 is 4.79 Å². The van der Waals surface area contributed by atoms with Crippen molar-refractivity contribution in [1.82, 2.24) is 25.1 Å². The summed E-state index contributed by atoms with van der Waals surface area (Å²) in [5.41, 5.74) is 1.87. The van der Waals surface area contributed by atoms with Crippen LogP contribution in [0.15, 0.2) is 24.3 Å². The molecular weight excluding hydrogens is 278 g/mol. The van der Waals surface area contributed by atoms with Gasteiger partial charge in [-0.25, -0.2) is 4.98 Å². The highest BCUT2D eigenvalue weighted by Crippen LogP contribution is 2.10. The van der Waals surface area contributed by atoms with E-state index in [9.17, 15) is 4.79 Å². The number of nitrogens with one attached hydrogen (secondary N) is 2. The molecule has 0 radical (unpaired) electrons. The quantitative estimate of drug-likeness (QED) is 0.861. The smallest absolute Gasteiger partial charge is 0.227 e. The fraction of sp³-hybridized carbons (Fsp3) is 0.500. The highest BCUT2D eigenvalue weighted by molar-refractivity contribution is 5.80. The van der Waals surface area contributed by atoms with Gasteiger partial charge in [0.2, 0.25) is 5.91 Å². The van der Waals surface area contributed by atoms with Crippen molar-refractivity contribution in [2.45, 2.75) is 12.5 Å². The van der Waals surface area contributed by atoms with E-state index in [4.69, 9.17) is 0 Å². The Bertz CT molecular complexity index is 620. The second-order valence-electron chi connectivity index (χ2n) is 6.08. The zero-order valence-corrected chi connectivity index (χ0v) is 13.2. The Labute approximate surface area is 130 Å². The Hall–Kier alpha value is -1.92. The molecule has 1 saturated heterocycles. The zero-order chi connectivity index (χ0) is 15.5. The summed E-state index contributed by atoms with van der Waals surface area (Å²) >= 11 is 0. The number of carbonyl (C=O) groups is 1. The van der Waals surface area contributed by atoms with Crippen molar-refractivity contribution in [1.29, 1.82) is 0 Å². The lowest BCUT2D eigenvalue weighted by atomic mass is 10.2. The number of carbonyl (C=O) groups excluding carboxylic acids is 1. The summed E-state index contributed by atoms with van der Waals surface area (Å²) in [5, 5.41) is 3.03. The number of aromatic amines is 1. The van der Waals surface area contributed by atoms with Crippen LogP contribution in [0, 0.1) is 0 Å². The molecule has 1 aromatic carbocycles. The van der Waals surface area contributed by atoms with Crippen LogP contribution < -0.4 is 5.32 Å². The van der Waals surface area contributed by atoms with Crippen molar-refractivity contribution in [2.75, 3.05) is 40.3 Å². The molecule has 1 amide bonds. The fourth-order valence-electron chi connectivity index (χ4n) is 2.86. The third-order valence-electron chi connectivity index (χ3n) is 4.28. The van der Waals surface area contributed by atoms with Crippen molar-refractivity contribution in [3.63, 3.8) is 0 Å². The number of hydrogen-bond donors (Lipinski definition) is 2. The predicted molar refractivity (Wildman–Crippen MR) is 86.7 cm³/mol. The number of nitrogens with zero attached hydrogens (tertiary/aromatic N) is 3. The summed E-state index contributed by atoms with van der Waals surface area (Å²) in [6.07, 6.45) is 0.293. The summed E-state index contributed by atoms with van der Waals surface area (Å²) in [4.78, 5) is 24.4. The van der Waals surface area contributed by atoms with Crippen molar-refractivity contribution >= 4 is 16.9 Å². The minimum Gasteiger partial charge on any atom is -0.354 e. The molecule has 1 atom stereocenters. The maximum atomic E-state index is 12.1. The van der Waals surface area contributed by atoms with Crippen LogP contribution >= 0.6 is 0 Å². The summed E-state index contributed by atoms with van der Waals surface area (Å²) in [6, 6.07) is 8.19. The topological polar surface area (TPSA) is 64.3 Å². The average molecular weight is 301 g/mol. The van der Waals surface area contributed by atoms with E-state index in [-0.39, 0.29) is 5.91 Å². The molecule has 1 aliphatic rings. The molecule has 3 rings (SSSR count). The average Bonchev–Trinajstić information content (AvgIpc) is 2.90. The number of piperazine rings is 1. The minimum atomic E-state index is 0.0145. The van der Waals surface area contributed by atoms with Crippen LogP contribution in [-0.2, 0) is 11.2 Å². The van der Waals surface area contributed by atoms with Gasteiger partial charge in [-0.2, -0.15) is 0 Å². The number of para-hydroxylation sites is 2. The summed E-state index contributed by atoms with van der Waals surface area (Å²) in [6.45, 7) is 3.79. The fourth-order valence-corrected chi connectivity index (χ4v) is 2.86. The van der Waals surface area contributed by atoms with Crippen LogP contribution in [0.25, 0.3) is 11.0 Å². The van der Waals surface area contributed by atoms with Gasteiger partial charge in [-0.3, -0.25) is 9.69 Å². The maximum Gasteiger partial charge on any atom is 0.227 e. The van der Waals surface area contributed by atoms with Gasteiger partial charge < -0.3 is 15.2 Å². The van der Waals surface area contributed by atoms with Gasteiger partial charge in [-0.15, -0.1) is 0 Å². The number of benzene rings is 1. The first kappa shape index (κ1) is 15.0. The molecule has 1 aliphatic heterocycles. The number of fused-ring (bicyclic) bond motifs is 1. The van der Waals surface area contributed by atoms with Gasteiger partial charge >= 0.3 is 0 Å². The van der Waals surface area contributed by atoms with E-state index in [2.05, 4.69) is 39.2 Å². The largest absolute Gasteiger partial charge is 0.354 e.